The minimum atomic E-state index is -0.206. The molecule has 0 bridgehead atoms. The van der Waals surface area contributed by atoms with Crippen molar-refractivity contribution in [2.45, 2.75) is 18.9 Å². The summed E-state index contributed by atoms with van der Waals surface area (Å²) < 4.78 is 5.03. The van der Waals surface area contributed by atoms with Crippen molar-refractivity contribution < 1.29 is 9.53 Å². The molecule has 0 amide bonds. The molecule has 2 unspecified atom stereocenters. The summed E-state index contributed by atoms with van der Waals surface area (Å²) in [5.74, 6) is 0.381. The largest absolute Gasteiger partial charge is 0.374 e. The van der Waals surface area contributed by atoms with Gasteiger partial charge in [-0.05, 0) is 19.4 Å². The fourth-order valence-electron chi connectivity index (χ4n) is 1.52. The second-order valence-electron chi connectivity index (χ2n) is 2.94. The molecule has 2 atom stereocenters. The van der Waals surface area contributed by atoms with Crippen LogP contribution in [0.4, 0.5) is 0 Å². The first kappa shape index (κ1) is 8.68. The van der Waals surface area contributed by atoms with Gasteiger partial charge in [-0.3, -0.25) is 0 Å². The molecule has 1 fully saturated rings. The molecule has 1 N–H and O–H groups in total. The zero-order valence-electron chi connectivity index (χ0n) is 6.88. The fourth-order valence-corrected chi connectivity index (χ4v) is 1.52. The third-order valence-corrected chi connectivity index (χ3v) is 2.21. The third-order valence-electron chi connectivity index (χ3n) is 2.21. The van der Waals surface area contributed by atoms with E-state index in [0.717, 1.165) is 32.2 Å². The lowest BCUT2D eigenvalue weighted by Gasteiger charge is -2.26. The van der Waals surface area contributed by atoms with Crippen LogP contribution in [-0.4, -0.2) is 32.6 Å². The van der Waals surface area contributed by atoms with Crippen LogP contribution in [0.1, 0.15) is 12.8 Å². The van der Waals surface area contributed by atoms with Crippen LogP contribution in [0.15, 0.2) is 0 Å². The van der Waals surface area contributed by atoms with Gasteiger partial charge in [0.2, 0.25) is 0 Å². The summed E-state index contributed by atoms with van der Waals surface area (Å²) in [5, 5.41) is 3.25. The van der Waals surface area contributed by atoms with E-state index in [4.69, 9.17) is 4.74 Å². The van der Waals surface area contributed by atoms with Crippen molar-refractivity contribution in [3.05, 3.63) is 0 Å². The molecule has 1 aliphatic heterocycles. The highest BCUT2D eigenvalue weighted by atomic mass is 16.5. The first-order valence-corrected chi connectivity index (χ1v) is 4.07. The zero-order chi connectivity index (χ0) is 8.10. The number of aldehydes is 1. The highest BCUT2D eigenvalue weighted by Gasteiger charge is 2.22. The van der Waals surface area contributed by atoms with Gasteiger partial charge < -0.3 is 14.8 Å². The molecule has 64 valence electrons. The maximum atomic E-state index is 10.5. The second kappa shape index (κ2) is 4.46. The van der Waals surface area contributed by atoms with Crippen molar-refractivity contribution in [3.8, 4) is 0 Å². The number of ether oxygens (including phenoxy) is 1. The molecule has 1 saturated heterocycles. The summed E-state index contributed by atoms with van der Waals surface area (Å²) >= 11 is 0. The molecule has 1 heterocycles. The minimum Gasteiger partial charge on any atom is -0.374 e. The Morgan fingerprint density at radius 3 is 3.00 bits per heavy atom. The van der Waals surface area contributed by atoms with Gasteiger partial charge in [-0.2, -0.15) is 0 Å². The van der Waals surface area contributed by atoms with E-state index < -0.39 is 0 Å². The van der Waals surface area contributed by atoms with Crippen molar-refractivity contribution in [3.63, 3.8) is 0 Å². The molecule has 1 aliphatic rings. The van der Waals surface area contributed by atoms with Crippen LogP contribution in [0.25, 0.3) is 0 Å². The molecule has 0 aromatic carbocycles. The van der Waals surface area contributed by atoms with Gasteiger partial charge >= 0.3 is 0 Å². The van der Waals surface area contributed by atoms with E-state index in [1.54, 1.807) is 7.11 Å². The van der Waals surface area contributed by atoms with Crippen LogP contribution >= 0.6 is 0 Å². The number of hydrogen-bond acceptors (Lipinski definition) is 3. The standard InChI is InChI=1S/C8H15NO2/c1-11-8(6-10)7-3-2-4-9-5-7/h6-9H,2-5H2,1H3. The molecule has 0 aromatic rings. The van der Waals surface area contributed by atoms with E-state index in [-0.39, 0.29) is 6.10 Å². The molecule has 3 nitrogen and oxygen atoms in total. The highest BCUT2D eigenvalue weighted by Crippen LogP contribution is 2.14. The average Bonchev–Trinajstić information content (AvgIpc) is 2.09. The quantitative estimate of drug-likeness (QED) is 0.595. The summed E-state index contributed by atoms with van der Waals surface area (Å²) in [5.41, 5.74) is 0. The van der Waals surface area contributed by atoms with Gasteiger partial charge in [0.25, 0.3) is 0 Å². The Labute approximate surface area is 67.1 Å². The van der Waals surface area contributed by atoms with Crippen LogP contribution in [0.5, 0.6) is 0 Å². The van der Waals surface area contributed by atoms with E-state index in [1.165, 1.54) is 0 Å². The van der Waals surface area contributed by atoms with E-state index in [1.807, 2.05) is 0 Å². The maximum Gasteiger partial charge on any atom is 0.149 e. The van der Waals surface area contributed by atoms with E-state index >= 15 is 0 Å². The van der Waals surface area contributed by atoms with Crippen molar-refractivity contribution in [1.82, 2.24) is 5.32 Å². The van der Waals surface area contributed by atoms with Gasteiger partial charge in [0, 0.05) is 19.6 Å². The predicted octanol–water partition coefficient (Wildman–Crippen LogP) is 0.200. The zero-order valence-corrected chi connectivity index (χ0v) is 6.88. The maximum absolute atomic E-state index is 10.5. The predicted molar refractivity (Wildman–Crippen MR) is 42.5 cm³/mol. The molecule has 1 rings (SSSR count). The Balaban J connectivity index is 2.35. The lowest BCUT2D eigenvalue weighted by Crippen LogP contribution is -2.38. The fraction of sp³-hybridized carbons (Fsp3) is 0.875. The molecule has 0 spiro atoms. The van der Waals surface area contributed by atoms with Gasteiger partial charge in [-0.1, -0.05) is 0 Å². The van der Waals surface area contributed by atoms with Crippen LogP contribution < -0.4 is 5.32 Å². The van der Waals surface area contributed by atoms with Gasteiger partial charge in [-0.25, -0.2) is 0 Å². The van der Waals surface area contributed by atoms with Crippen molar-refractivity contribution in [2.24, 2.45) is 5.92 Å². The van der Waals surface area contributed by atoms with Crippen molar-refractivity contribution in [2.75, 3.05) is 20.2 Å². The third kappa shape index (κ3) is 2.27. The number of carbonyl (C=O) groups is 1. The van der Waals surface area contributed by atoms with Crippen LogP contribution in [0.2, 0.25) is 0 Å². The van der Waals surface area contributed by atoms with Gasteiger partial charge in [-0.15, -0.1) is 0 Å². The summed E-state index contributed by atoms with van der Waals surface area (Å²) in [6, 6.07) is 0. The molecular weight excluding hydrogens is 142 g/mol. The van der Waals surface area contributed by atoms with Gasteiger partial charge in [0.15, 0.2) is 0 Å². The van der Waals surface area contributed by atoms with E-state index in [9.17, 15) is 4.79 Å². The summed E-state index contributed by atoms with van der Waals surface area (Å²) in [6.07, 6.45) is 2.95. The first-order valence-electron chi connectivity index (χ1n) is 4.07. The monoisotopic (exact) mass is 157 g/mol. The van der Waals surface area contributed by atoms with E-state index in [2.05, 4.69) is 5.32 Å². The van der Waals surface area contributed by atoms with Crippen LogP contribution in [0.3, 0.4) is 0 Å². The molecular formula is C8H15NO2. The van der Waals surface area contributed by atoms with E-state index in [0.29, 0.717) is 5.92 Å². The SMILES string of the molecule is COC(C=O)C1CCCNC1. The van der Waals surface area contributed by atoms with Gasteiger partial charge in [0.05, 0.1) is 0 Å². The van der Waals surface area contributed by atoms with Crippen molar-refractivity contribution >= 4 is 6.29 Å². The number of rotatable bonds is 3. The molecule has 0 saturated carbocycles. The Bertz CT molecular complexity index is 121. The Morgan fingerprint density at radius 1 is 1.73 bits per heavy atom. The second-order valence-corrected chi connectivity index (χ2v) is 2.94. The van der Waals surface area contributed by atoms with Crippen molar-refractivity contribution in [1.29, 1.82) is 0 Å². The lowest BCUT2D eigenvalue weighted by molar-refractivity contribution is -0.119. The topological polar surface area (TPSA) is 38.3 Å². The normalized spacial score (nSPS) is 27.9. The molecule has 11 heavy (non-hydrogen) atoms. The Morgan fingerprint density at radius 2 is 2.55 bits per heavy atom. The minimum absolute atomic E-state index is 0.206. The summed E-state index contributed by atoms with van der Waals surface area (Å²) in [6.45, 7) is 1.99. The highest BCUT2D eigenvalue weighted by molar-refractivity contribution is 5.56. The Kier molecular flexibility index (Phi) is 3.52. The molecule has 0 radical (unpaired) electrons. The molecule has 0 aliphatic carbocycles. The number of nitrogens with one attached hydrogen (secondary N) is 1. The number of methoxy groups -OCH3 is 1. The lowest BCUT2D eigenvalue weighted by atomic mass is 9.94. The molecule has 3 heteroatoms. The number of carbonyl (C=O) groups excluding carboxylic acids is 1. The smallest absolute Gasteiger partial charge is 0.149 e. The summed E-state index contributed by atoms with van der Waals surface area (Å²) in [4.78, 5) is 10.5. The van der Waals surface area contributed by atoms with Gasteiger partial charge in [0.1, 0.15) is 12.4 Å². The first-order chi connectivity index (χ1) is 5.38. The number of piperidine rings is 1. The molecule has 0 aromatic heterocycles. The van der Waals surface area contributed by atoms with Crippen LogP contribution in [0, 0.1) is 5.92 Å². The number of hydrogen-bond donors (Lipinski definition) is 1. The summed E-state index contributed by atoms with van der Waals surface area (Å²) in [7, 11) is 1.59. The Hall–Kier alpha value is -0.410. The average molecular weight is 157 g/mol. The van der Waals surface area contributed by atoms with Crippen LogP contribution in [-0.2, 0) is 9.53 Å².